The Balaban J connectivity index is 1.90. The zero-order valence-electron chi connectivity index (χ0n) is 20.0. The van der Waals surface area contributed by atoms with Gasteiger partial charge in [0.1, 0.15) is 11.8 Å². The van der Waals surface area contributed by atoms with Gasteiger partial charge < -0.3 is 15.0 Å². The SMILES string of the molecule is CCCNC(=O)[C@H](Cc1ccccc1)N(Cc1ccccc1Cl)C(=O)COc1ccc(Cl)c(C)c1. The largest absolute Gasteiger partial charge is 0.484 e. The number of nitrogens with one attached hydrogen (secondary N) is 1. The van der Waals surface area contributed by atoms with Crippen molar-refractivity contribution in [2.24, 2.45) is 0 Å². The number of rotatable bonds is 11. The van der Waals surface area contributed by atoms with Gasteiger partial charge in [-0.2, -0.15) is 0 Å². The number of hydrogen-bond acceptors (Lipinski definition) is 3. The molecule has 0 heterocycles. The molecule has 0 saturated heterocycles. The van der Waals surface area contributed by atoms with Crippen LogP contribution >= 0.6 is 23.2 Å². The van der Waals surface area contributed by atoms with Crippen LogP contribution in [0.5, 0.6) is 5.75 Å². The van der Waals surface area contributed by atoms with E-state index in [9.17, 15) is 9.59 Å². The number of ether oxygens (including phenoxy) is 1. The molecule has 0 radical (unpaired) electrons. The van der Waals surface area contributed by atoms with E-state index in [0.717, 1.165) is 23.1 Å². The van der Waals surface area contributed by atoms with Crippen LogP contribution in [0.2, 0.25) is 10.0 Å². The molecule has 0 aliphatic rings. The summed E-state index contributed by atoms with van der Waals surface area (Å²) in [6.45, 7) is 4.34. The lowest BCUT2D eigenvalue weighted by Crippen LogP contribution is -2.51. The summed E-state index contributed by atoms with van der Waals surface area (Å²) in [6, 6.07) is 21.5. The highest BCUT2D eigenvalue weighted by Crippen LogP contribution is 2.23. The van der Waals surface area contributed by atoms with Gasteiger partial charge in [-0.3, -0.25) is 9.59 Å². The van der Waals surface area contributed by atoms with Crippen LogP contribution in [-0.2, 0) is 22.6 Å². The molecule has 0 spiro atoms. The van der Waals surface area contributed by atoms with Crippen LogP contribution in [0.25, 0.3) is 0 Å². The number of carbonyl (C=O) groups excluding carboxylic acids is 2. The molecule has 3 rings (SSSR count). The molecule has 0 saturated carbocycles. The normalized spacial score (nSPS) is 11.5. The Hall–Kier alpha value is -3.02. The summed E-state index contributed by atoms with van der Waals surface area (Å²) < 4.78 is 5.80. The van der Waals surface area contributed by atoms with Crippen molar-refractivity contribution < 1.29 is 14.3 Å². The quantitative estimate of drug-likeness (QED) is 0.350. The predicted molar refractivity (Wildman–Crippen MR) is 141 cm³/mol. The fourth-order valence-corrected chi connectivity index (χ4v) is 3.98. The van der Waals surface area contributed by atoms with Gasteiger partial charge in [-0.1, -0.05) is 78.7 Å². The fourth-order valence-electron chi connectivity index (χ4n) is 3.67. The van der Waals surface area contributed by atoms with Crippen LogP contribution in [0.4, 0.5) is 0 Å². The van der Waals surface area contributed by atoms with Gasteiger partial charge in [-0.05, 0) is 54.3 Å². The number of carbonyl (C=O) groups is 2. The number of amides is 2. The molecule has 3 aromatic carbocycles. The number of nitrogens with zero attached hydrogens (tertiary/aromatic N) is 1. The summed E-state index contributed by atoms with van der Waals surface area (Å²) >= 11 is 12.5. The van der Waals surface area contributed by atoms with Crippen molar-refractivity contribution in [3.05, 3.63) is 99.5 Å². The lowest BCUT2D eigenvalue weighted by atomic mass is 10.0. The molecule has 2 amide bonds. The summed E-state index contributed by atoms with van der Waals surface area (Å²) in [6.07, 6.45) is 1.16. The highest BCUT2D eigenvalue weighted by atomic mass is 35.5. The molecule has 0 fully saturated rings. The number of hydrogen-bond donors (Lipinski definition) is 1. The van der Waals surface area contributed by atoms with Gasteiger partial charge in [0.15, 0.2) is 6.61 Å². The molecular weight excluding hydrogens is 483 g/mol. The molecule has 0 aliphatic carbocycles. The smallest absolute Gasteiger partial charge is 0.261 e. The minimum absolute atomic E-state index is 0.179. The summed E-state index contributed by atoms with van der Waals surface area (Å²) in [7, 11) is 0. The zero-order valence-corrected chi connectivity index (χ0v) is 21.5. The summed E-state index contributed by atoms with van der Waals surface area (Å²) in [5.74, 6) is 0.0107. The molecule has 1 N–H and O–H groups in total. The lowest BCUT2D eigenvalue weighted by Gasteiger charge is -2.31. The van der Waals surface area contributed by atoms with E-state index in [1.807, 2.05) is 62.4 Å². The maximum absolute atomic E-state index is 13.5. The van der Waals surface area contributed by atoms with Crippen molar-refractivity contribution in [2.75, 3.05) is 13.2 Å². The Morgan fingerprint density at radius 1 is 0.971 bits per heavy atom. The van der Waals surface area contributed by atoms with Crippen LogP contribution < -0.4 is 10.1 Å². The molecule has 35 heavy (non-hydrogen) atoms. The van der Waals surface area contributed by atoms with E-state index >= 15 is 0 Å². The van der Waals surface area contributed by atoms with E-state index in [0.29, 0.717) is 28.8 Å². The van der Waals surface area contributed by atoms with Gasteiger partial charge in [0.2, 0.25) is 5.91 Å². The van der Waals surface area contributed by atoms with Gasteiger partial charge in [0, 0.05) is 29.6 Å². The maximum atomic E-state index is 13.5. The minimum Gasteiger partial charge on any atom is -0.484 e. The van der Waals surface area contributed by atoms with Gasteiger partial charge in [0.25, 0.3) is 5.91 Å². The van der Waals surface area contributed by atoms with Crippen molar-refractivity contribution in [3.63, 3.8) is 0 Å². The van der Waals surface area contributed by atoms with Gasteiger partial charge in [-0.15, -0.1) is 0 Å². The van der Waals surface area contributed by atoms with Gasteiger partial charge in [0.05, 0.1) is 0 Å². The van der Waals surface area contributed by atoms with Crippen molar-refractivity contribution in [1.29, 1.82) is 0 Å². The first kappa shape index (κ1) is 26.6. The van der Waals surface area contributed by atoms with Crippen molar-refractivity contribution in [1.82, 2.24) is 10.2 Å². The highest BCUT2D eigenvalue weighted by molar-refractivity contribution is 6.31. The lowest BCUT2D eigenvalue weighted by molar-refractivity contribution is -0.142. The third-order valence-corrected chi connectivity index (χ3v) is 6.40. The van der Waals surface area contributed by atoms with Crippen molar-refractivity contribution in [2.45, 2.75) is 39.3 Å². The second-order valence-corrected chi connectivity index (χ2v) is 9.12. The first-order valence-corrected chi connectivity index (χ1v) is 12.4. The first-order chi connectivity index (χ1) is 16.9. The minimum atomic E-state index is -0.733. The average molecular weight is 513 g/mol. The second kappa shape index (κ2) is 13.2. The van der Waals surface area contributed by atoms with Crippen molar-refractivity contribution in [3.8, 4) is 5.75 Å². The van der Waals surface area contributed by atoms with Gasteiger partial charge in [-0.25, -0.2) is 0 Å². The van der Waals surface area contributed by atoms with E-state index in [1.54, 1.807) is 29.2 Å². The molecule has 0 aliphatic heterocycles. The Kier molecular flexibility index (Phi) is 10.0. The molecule has 0 aromatic heterocycles. The van der Waals surface area contributed by atoms with Crippen LogP contribution in [0.15, 0.2) is 72.8 Å². The summed E-state index contributed by atoms with van der Waals surface area (Å²) in [4.78, 5) is 28.4. The molecular formula is C28H30Cl2N2O3. The Morgan fingerprint density at radius 3 is 2.37 bits per heavy atom. The Morgan fingerprint density at radius 2 is 1.69 bits per heavy atom. The third kappa shape index (κ3) is 7.74. The zero-order chi connectivity index (χ0) is 25.2. The van der Waals surface area contributed by atoms with Crippen LogP contribution in [0.3, 0.4) is 0 Å². The third-order valence-electron chi connectivity index (χ3n) is 5.61. The van der Waals surface area contributed by atoms with E-state index in [1.165, 1.54) is 0 Å². The van der Waals surface area contributed by atoms with Crippen LogP contribution in [0, 0.1) is 6.92 Å². The number of halogens is 2. The number of benzene rings is 3. The standard InChI is InChI=1S/C28H30Cl2N2O3/c1-3-15-31-28(34)26(17-21-9-5-4-6-10-21)32(18-22-11-7-8-12-25(22)30)27(33)19-35-23-13-14-24(29)20(2)16-23/h4-14,16,26H,3,15,17-19H2,1-2H3,(H,31,34)/t26-/m0/s1. The second-order valence-electron chi connectivity index (χ2n) is 8.31. The molecule has 1 atom stereocenters. The summed E-state index contributed by atoms with van der Waals surface area (Å²) in [5, 5.41) is 4.11. The Bertz CT molecular complexity index is 1140. The first-order valence-electron chi connectivity index (χ1n) is 11.6. The average Bonchev–Trinajstić information content (AvgIpc) is 2.86. The molecule has 3 aromatic rings. The number of aryl methyl sites for hydroxylation is 1. The predicted octanol–water partition coefficient (Wildman–Crippen LogP) is 5.85. The van der Waals surface area contributed by atoms with Crippen molar-refractivity contribution >= 4 is 35.0 Å². The summed E-state index contributed by atoms with van der Waals surface area (Å²) in [5.41, 5.74) is 2.56. The molecule has 0 unspecified atom stereocenters. The molecule has 7 heteroatoms. The highest BCUT2D eigenvalue weighted by Gasteiger charge is 2.31. The molecule has 184 valence electrons. The molecule has 5 nitrogen and oxygen atoms in total. The van der Waals surface area contributed by atoms with E-state index < -0.39 is 6.04 Å². The van der Waals surface area contributed by atoms with E-state index in [2.05, 4.69) is 5.32 Å². The fraction of sp³-hybridized carbons (Fsp3) is 0.286. The monoisotopic (exact) mass is 512 g/mol. The topological polar surface area (TPSA) is 58.6 Å². The van der Waals surface area contributed by atoms with Gasteiger partial charge >= 0.3 is 0 Å². The van der Waals surface area contributed by atoms with E-state index in [-0.39, 0.29) is 25.0 Å². The molecule has 0 bridgehead atoms. The van der Waals surface area contributed by atoms with E-state index in [4.69, 9.17) is 27.9 Å². The van der Waals surface area contributed by atoms with Crippen LogP contribution in [-0.4, -0.2) is 35.9 Å². The maximum Gasteiger partial charge on any atom is 0.261 e. The van der Waals surface area contributed by atoms with Crippen LogP contribution in [0.1, 0.15) is 30.0 Å². The Labute approximate surface area is 217 Å².